The lowest BCUT2D eigenvalue weighted by Crippen LogP contribution is -2.15. The van der Waals surface area contributed by atoms with E-state index in [1.165, 1.54) is 0 Å². The Morgan fingerprint density at radius 3 is 1.00 bits per heavy atom. The molecule has 0 spiro atoms. The lowest BCUT2D eigenvalue weighted by atomic mass is 10.0. The van der Waals surface area contributed by atoms with Crippen molar-refractivity contribution in [3.63, 3.8) is 0 Å². The maximum absolute atomic E-state index is 6.27. The molecule has 0 atom stereocenters. The summed E-state index contributed by atoms with van der Waals surface area (Å²) in [5.41, 5.74) is 11.3. The smallest absolute Gasteiger partial charge is 0.151 e. The number of para-hydroxylation sites is 8. The van der Waals surface area contributed by atoms with Gasteiger partial charge in [0.1, 0.15) is 0 Å². The molecule has 0 radical (unpaired) electrons. The van der Waals surface area contributed by atoms with E-state index in [4.69, 9.17) is 19.4 Å². The van der Waals surface area contributed by atoms with E-state index in [0.29, 0.717) is 0 Å². The number of hydrogen-bond donors (Lipinski definition) is 0. The highest BCUT2D eigenvalue weighted by atomic mass is 16.5. The van der Waals surface area contributed by atoms with Crippen molar-refractivity contribution in [2.45, 2.75) is 0 Å². The van der Waals surface area contributed by atoms with E-state index >= 15 is 0 Å². The predicted octanol–water partition coefficient (Wildman–Crippen LogP) is 13.3. The lowest BCUT2D eigenvalue weighted by Gasteiger charge is -2.32. The van der Waals surface area contributed by atoms with Gasteiger partial charge in [0, 0.05) is 22.5 Å². The van der Waals surface area contributed by atoms with Crippen molar-refractivity contribution >= 4 is 55.9 Å². The maximum Gasteiger partial charge on any atom is 0.151 e. The first-order valence-electron chi connectivity index (χ1n) is 18.0. The van der Waals surface area contributed by atoms with Gasteiger partial charge in [-0.15, -0.1) is 0 Å². The molecule has 0 saturated carbocycles. The van der Waals surface area contributed by atoms with Crippen LogP contribution in [-0.4, -0.2) is 9.97 Å². The third-order valence-corrected chi connectivity index (χ3v) is 10.2. The minimum atomic E-state index is 0.821. The molecule has 9 aromatic rings. The predicted molar refractivity (Wildman–Crippen MR) is 217 cm³/mol. The van der Waals surface area contributed by atoms with Crippen molar-refractivity contribution in [2.24, 2.45) is 0 Å². The molecule has 0 unspecified atom stereocenters. The van der Waals surface area contributed by atoms with Gasteiger partial charge in [-0.2, -0.15) is 0 Å². The van der Waals surface area contributed by atoms with E-state index in [0.717, 1.165) is 101 Å². The number of ether oxygens (including phenoxy) is 2. The molecule has 0 N–H and O–H groups in total. The fraction of sp³-hybridized carbons (Fsp3) is 0. The number of fused-ring (bicyclic) bond motifs is 6. The largest absolute Gasteiger partial charge is 0.453 e. The minimum Gasteiger partial charge on any atom is -0.453 e. The van der Waals surface area contributed by atoms with Crippen LogP contribution in [0.2, 0.25) is 0 Å². The number of nitrogens with zero attached hydrogens (tertiary/aromatic N) is 4. The molecule has 54 heavy (non-hydrogen) atoms. The van der Waals surface area contributed by atoms with Crippen molar-refractivity contribution in [3.05, 3.63) is 182 Å². The molecule has 8 aromatic carbocycles. The van der Waals surface area contributed by atoms with Crippen LogP contribution < -0.4 is 19.3 Å². The van der Waals surface area contributed by atoms with Crippen molar-refractivity contribution in [2.75, 3.05) is 9.80 Å². The van der Waals surface area contributed by atoms with Gasteiger partial charge in [0.15, 0.2) is 23.0 Å². The van der Waals surface area contributed by atoms with E-state index < -0.39 is 0 Å². The van der Waals surface area contributed by atoms with Crippen LogP contribution in [0.4, 0.5) is 34.1 Å². The second-order valence-corrected chi connectivity index (χ2v) is 13.4. The Bertz CT molecular complexity index is 2620. The van der Waals surface area contributed by atoms with Crippen molar-refractivity contribution in [3.8, 4) is 45.5 Å². The average Bonchev–Trinajstić information content (AvgIpc) is 3.23. The Morgan fingerprint density at radius 1 is 0.333 bits per heavy atom. The Labute approximate surface area is 311 Å². The standard InChI is InChI=1S/C48H30N4O2/c1-2-12-34-30-38-37(29-33(34)11-1)49-47(31-21-25-35(26-22-31)51-39-13-3-7-17-43(39)53-44-18-8-4-14-40(44)51)48(50-38)32-23-27-36(28-24-32)52-41-15-5-9-19-45(41)54-46-20-10-6-16-42(46)52/h1-30H. The second-order valence-electron chi connectivity index (χ2n) is 13.4. The van der Waals surface area contributed by atoms with Gasteiger partial charge in [-0.05, 0) is 95.7 Å². The number of hydrogen-bond acceptors (Lipinski definition) is 6. The fourth-order valence-electron chi connectivity index (χ4n) is 7.65. The number of benzene rings is 8. The Morgan fingerprint density at radius 2 is 0.648 bits per heavy atom. The molecule has 2 aliphatic rings. The molecule has 6 heteroatoms. The molecule has 254 valence electrons. The van der Waals surface area contributed by atoms with Crippen molar-refractivity contribution < 1.29 is 9.47 Å². The zero-order valence-electron chi connectivity index (χ0n) is 28.9. The minimum absolute atomic E-state index is 0.821. The SMILES string of the molecule is c1ccc2c(c1)Oc1ccccc1N2c1ccc(-c2nc3cc4ccccc4cc3nc2-c2ccc(N3c4ccccc4Oc4ccccc43)cc2)cc1. The van der Waals surface area contributed by atoms with E-state index in [9.17, 15) is 0 Å². The highest BCUT2D eigenvalue weighted by molar-refractivity contribution is 5.98. The molecule has 1 aromatic heterocycles. The summed E-state index contributed by atoms with van der Waals surface area (Å²) in [7, 11) is 0. The first-order chi connectivity index (χ1) is 26.7. The van der Waals surface area contributed by atoms with E-state index in [1.54, 1.807) is 0 Å². The zero-order valence-corrected chi connectivity index (χ0v) is 28.9. The van der Waals surface area contributed by atoms with Crippen LogP contribution in [-0.2, 0) is 0 Å². The molecule has 3 heterocycles. The van der Waals surface area contributed by atoms with Crippen LogP contribution in [0.5, 0.6) is 23.0 Å². The van der Waals surface area contributed by atoms with Gasteiger partial charge in [0.05, 0.1) is 45.2 Å². The van der Waals surface area contributed by atoms with E-state index in [-0.39, 0.29) is 0 Å². The molecular formula is C48H30N4O2. The highest BCUT2D eigenvalue weighted by Gasteiger charge is 2.27. The highest BCUT2D eigenvalue weighted by Crippen LogP contribution is 2.52. The number of rotatable bonds is 4. The van der Waals surface area contributed by atoms with Gasteiger partial charge in [0.25, 0.3) is 0 Å². The van der Waals surface area contributed by atoms with Crippen LogP contribution in [0.25, 0.3) is 44.3 Å². The zero-order chi connectivity index (χ0) is 35.6. The molecule has 11 rings (SSSR count). The summed E-state index contributed by atoms with van der Waals surface area (Å²) in [6.45, 7) is 0. The van der Waals surface area contributed by atoms with Crippen LogP contribution in [0.15, 0.2) is 182 Å². The summed E-state index contributed by atoms with van der Waals surface area (Å²) >= 11 is 0. The quantitative estimate of drug-likeness (QED) is 0.171. The van der Waals surface area contributed by atoms with Crippen molar-refractivity contribution in [1.82, 2.24) is 9.97 Å². The van der Waals surface area contributed by atoms with E-state index in [2.05, 4.69) is 119 Å². The van der Waals surface area contributed by atoms with Gasteiger partial charge < -0.3 is 19.3 Å². The van der Waals surface area contributed by atoms with Crippen molar-refractivity contribution in [1.29, 1.82) is 0 Å². The normalized spacial score (nSPS) is 12.7. The second kappa shape index (κ2) is 12.1. The third-order valence-electron chi connectivity index (χ3n) is 10.2. The first-order valence-corrected chi connectivity index (χ1v) is 18.0. The van der Waals surface area contributed by atoms with Crippen LogP contribution in [0.3, 0.4) is 0 Å². The summed E-state index contributed by atoms with van der Waals surface area (Å²) in [5, 5.41) is 2.27. The summed E-state index contributed by atoms with van der Waals surface area (Å²) in [6.07, 6.45) is 0. The van der Waals surface area contributed by atoms with Crippen LogP contribution in [0.1, 0.15) is 0 Å². The monoisotopic (exact) mass is 694 g/mol. The molecule has 0 saturated heterocycles. The summed E-state index contributed by atoms with van der Waals surface area (Å²) in [6, 6.07) is 62.4. The Kier molecular flexibility index (Phi) is 6.75. The summed E-state index contributed by atoms with van der Waals surface area (Å²) < 4.78 is 12.5. The van der Waals surface area contributed by atoms with Gasteiger partial charge in [-0.1, -0.05) is 97.1 Å². The molecule has 0 fully saturated rings. The third kappa shape index (κ3) is 4.89. The van der Waals surface area contributed by atoms with Gasteiger partial charge in [-0.3, -0.25) is 0 Å². The summed E-state index contributed by atoms with van der Waals surface area (Å²) in [5.74, 6) is 3.29. The molecule has 0 amide bonds. The van der Waals surface area contributed by atoms with Gasteiger partial charge >= 0.3 is 0 Å². The first kappa shape index (κ1) is 30.2. The fourth-order valence-corrected chi connectivity index (χ4v) is 7.65. The average molecular weight is 695 g/mol. The Hall–Kier alpha value is -7.44. The topological polar surface area (TPSA) is 50.7 Å². The summed E-state index contributed by atoms with van der Waals surface area (Å²) in [4.78, 5) is 15.2. The molecule has 2 aliphatic heterocycles. The van der Waals surface area contributed by atoms with Gasteiger partial charge in [-0.25, -0.2) is 9.97 Å². The molecule has 0 bridgehead atoms. The number of aromatic nitrogens is 2. The molecule has 0 aliphatic carbocycles. The molecular weight excluding hydrogens is 665 g/mol. The maximum atomic E-state index is 6.27. The van der Waals surface area contributed by atoms with Gasteiger partial charge in [0.2, 0.25) is 0 Å². The van der Waals surface area contributed by atoms with Crippen LogP contribution >= 0.6 is 0 Å². The van der Waals surface area contributed by atoms with Crippen LogP contribution in [0, 0.1) is 0 Å². The number of anilines is 6. The Balaban J connectivity index is 1.04. The van der Waals surface area contributed by atoms with E-state index in [1.807, 2.05) is 72.8 Å². The molecule has 6 nitrogen and oxygen atoms in total. The lowest BCUT2D eigenvalue weighted by molar-refractivity contribution is 0.477.